The van der Waals surface area contributed by atoms with Gasteiger partial charge in [-0.1, -0.05) is 19.1 Å². The number of aryl methyl sites for hydroxylation is 1. The molecule has 1 aliphatic heterocycles. The van der Waals surface area contributed by atoms with Crippen LogP contribution in [0.5, 0.6) is 5.75 Å². The first-order valence-corrected chi connectivity index (χ1v) is 13.5. The molecule has 0 saturated carbocycles. The number of hydrogen-bond donors (Lipinski definition) is 1. The van der Waals surface area contributed by atoms with Gasteiger partial charge in [0.1, 0.15) is 12.3 Å². The molecule has 1 N–H and O–H groups in total. The Bertz CT molecular complexity index is 1130. The lowest BCUT2D eigenvalue weighted by atomic mass is 10.1. The molecule has 3 rings (SSSR count). The van der Waals surface area contributed by atoms with Gasteiger partial charge in [-0.25, -0.2) is 13.8 Å². The van der Waals surface area contributed by atoms with E-state index in [0.717, 1.165) is 54.9 Å². The van der Waals surface area contributed by atoms with Gasteiger partial charge in [-0.05, 0) is 73.2 Å². The number of anilines is 1. The first-order chi connectivity index (χ1) is 16.8. The first-order valence-electron chi connectivity index (χ1n) is 11.7. The van der Waals surface area contributed by atoms with E-state index in [4.69, 9.17) is 4.74 Å². The van der Waals surface area contributed by atoms with Crippen LogP contribution in [0.25, 0.3) is 0 Å². The predicted octanol–water partition coefficient (Wildman–Crippen LogP) is 2.56. The summed E-state index contributed by atoms with van der Waals surface area (Å²) in [5.41, 5.74) is 4.55. The van der Waals surface area contributed by atoms with Crippen LogP contribution in [0.2, 0.25) is 0 Å². The second-order valence-electron chi connectivity index (χ2n) is 8.38. The fourth-order valence-corrected chi connectivity index (χ4v) is 4.53. The van der Waals surface area contributed by atoms with Crippen molar-refractivity contribution < 1.29 is 22.7 Å². The van der Waals surface area contributed by atoms with E-state index in [2.05, 4.69) is 10.5 Å². The number of carbonyl (C=O) groups is 2. The van der Waals surface area contributed by atoms with Crippen molar-refractivity contribution in [3.8, 4) is 5.75 Å². The van der Waals surface area contributed by atoms with E-state index in [9.17, 15) is 18.0 Å². The van der Waals surface area contributed by atoms with Crippen molar-refractivity contribution in [1.29, 1.82) is 0 Å². The molecular formula is C25H32N4O5S. The molecule has 9 nitrogen and oxygen atoms in total. The Morgan fingerprint density at radius 1 is 1.06 bits per heavy atom. The van der Waals surface area contributed by atoms with Gasteiger partial charge in [0, 0.05) is 13.1 Å². The highest BCUT2D eigenvalue weighted by Crippen LogP contribution is 2.18. The van der Waals surface area contributed by atoms with Gasteiger partial charge in [-0.15, -0.1) is 0 Å². The fraction of sp³-hybridized carbons (Fsp3) is 0.400. The summed E-state index contributed by atoms with van der Waals surface area (Å²) in [5, 5.41) is 3.92. The smallest absolute Gasteiger partial charge is 0.260 e. The second kappa shape index (κ2) is 12.3. The number of ether oxygens (including phenoxy) is 1. The van der Waals surface area contributed by atoms with Gasteiger partial charge < -0.3 is 9.64 Å². The Hall–Kier alpha value is -3.40. The van der Waals surface area contributed by atoms with Gasteiger partial charge in [0.05, 0.1) is 18.2 Å². The highest BCUT2D eigenvalue weighted by Gasteiger charge is 2.20. The molecule has 0 spiro atoms. The maximum atomic E-state index is 12.3. The summed E-state index contributed by atoms with van der Waals surface area (Å²) in [5.74, 6) is -0.0145. The number of amides is 2. The van der Waals surface area contributed by atoms with Gasteiger partial charge >= 0.3 is 0 Å². The number of hydrazone groups is 1. The summed E-state index contributed by atoms with van der Waals surface area (Å²) in [4.78, 5) is 26.4. The van der Waals surface area contributed by atoms with Crippen molar-refractivity contribution in [3.63, 3.8) is 0 Å². The van der Waals surface area contributed by atoms with Crippen LogP contribution in [0.4, 0.5) is 5.69 Å². The molecule has 188 valence electrons. The Labute approximate surface area is 206 Å². The predicted molar refractivity (Wildman–Crippen MR) is 136 cm³/mol. The van der Waals surface area contributed by atoms with Gasteiger partial charge in [-0.3, -0.25) is 13.9 Å². The van der Waals surface area contributed by atoms with Gasteiger partial charge in [0.2, 0.25) is 10.0 Å². The number of hydrogen-bond acceptors (Lipinski definition) is 6. The standard InChI is InChI=1S/C25H32N4O5S/c1-3-20-7-11-22(12-8-20)29(35(2,32)33)18-24(30)27-26-17-21-9-13-23(14-10-21)34-19-25(31)28-15-5-4-6-16-28/h7-14,17H,3-6,15-16,18-19H2,1-2H3,(H,27,30)/b26-17-. The highest BCUT2D eigenvalue weighted by molar-refractivity contribution is 7.92. The Morgan fingerprint density at radius 3 is 2.31 bits per heavy atom. The zero-order valence-electron chi connectivity index (χ0n) is 20.1. The Balaban J connectivity index is 1.50. The van der Waals surface area contributed by atoms with Crippen molar-refractivity contribution in [1.82, 2.24) is 10.3 Å². The maximum Gasteiger partial charge on any atom is 0.260 e. The van der Waals surface area contributed by atoms with E-state index >= 15 is 0 Å². The molecule has 0 unspecified atom stereocenters. The van der Waals surface area contributed by atoms with Gasteiger partial charge in [0.25, 0.3) is 11.8 Å². The molecule has 0 aromatic heterocycles. The largest absolute Gasteiger partial charge is 0.484 e. The molecule has 0 bridgehead atoms. The molecule has 1 heterocycles. The summed E-state index contributed by atoms with van der Waals surface area (Å²) < 4.78 is 31.0. The number of sulfonamides is 1. The minimum Gasteiger partial charge on any atom is -0.484 e. The van der Waals surface area contributed by atoms with E-state index in [0.29, 0.717) is 17.0 Å². The number of piperidine rings is 1. The SMILES string of the molecule is CCc1ccc(N(CC(=O)N/N=C\c2ccc(OCC(=O)N3CCCCC3)cc2)S(C)(=O)=O)cc1. The third-order valence-electron chi connectivity index (χ3n) is 5.67. The summed E-state index contributed by atoms with van der Waals surface area (Å²) >= 11 is 0. The molecule has 2 aromatic rings. The van der Waals surface area contributed by atoms with Crippen LogP contribution < -0.4 is 14.5 Å². The fourth-order valence-electron chi connectivity index (χ4n) is 3.67. The molecule has 10 heteroatoms. The number of rotatable bonds is 10. The average Bonchev–Trinajstić information content (AvgIpc) is 2.86. The first kappa shape index (κ1) is 26.2. The Morgan fingerprint density at radius 2 is 1.71 bits per heavy atom. The number of nitrogens with one attached hydrogen (secondary N) is 1. The lowest BCUT2D eigenvalue weighted by Crippen LogP contribution is -2.39. The van der Waals surface area contributed by atoms with Crippen LogP contribution in [-0.4, -0.2) is 63.8 Å². The lowest BCUT2D eigenvalue weighted by molar-refractivity contribution is -0.134. The molecule has 1 saturated heterocycles. The van der Waals surface area contributed by atoms with Crippen molar-refractivity contribution in [2.45, 2.75) is 32.6 Å². The Kier molecular flexibility index (Phi) is 9.25. The summed E-state index contributed by atoms with van der Waals surface area (Å²) in [6.07, 6.45) is 6.57. The molecule has 0 aliphatic carbocycles. The molecule has 0 radical (unpaired) electrons. The molecule has 2 aromatic carbocycles. The van der Waals surface area contributed by atoms with E-state index in [1.165, 1.54) is 6.21 Å². The summed E-state index contributed by atoms with van der Waals surface area (Å²) in [6, 6.07) is 14.0. The average molecular weight is 501 g/mol. The topological polar surface area (TPSA) is 108 Å². The molecule has 1 fully saturated rings. The van der Waals surface area contributed by atoms with Crippen molar-refractivity contribution in [2.24, 2.45) is 5.10 Å². The highest BCUT2D eigenvalue weighted by atomic mass is 32.2. The summed E-state index contributed by atoms with van der Waals surface area (Å²) in [7, 11) is -3.65. The molecule has 2 amide bonds. The monoisotopic (exact) mass is 500 g/mol. The van der Waals surface area contributed by atoms with Crippen LogP contribution in [0.3, 0.4) is 0 Å². The second-order valence-corrected chi connectivity index (χ2v) is 10.3. The van der Waals surface area contributed by atoms with Crippen LogP contribution >= 0.6 is 0 Å². The van der Waals surface area contributed by atoms with Crippen LogP contribution in [0.15, 0.2) is 53.6 Å². The zero-order valence-corrected chi connectivity index (χ0v) is 21.0. The maximum absolute atomic E-state index is 12.3. The number of nitrogens with zero attached hydrogens (tertiary/aromatic N) is 3. The van der Waals surface area contributed by atoms with E-state index in [1.807, 2.05) is 24.0 Å². The van der Waals surface area contributed by atoms with Crippen molar-refractivity contribution >= 4 is 33.7 Å². The lowest BCUT2D eigenvalue weighted by Gasteiger charge is -2.26. The molecular weight excluding hydrogens is 468 g/mol. The van der Waals surface area contributed by atoms with E-state index in [-0.39, 0.29) is 19.1 Å². The van der Waals surface area contributed by atoms with Crippen LogP contribution in [0, 0.1) is 0 Å². The van der Waals surface area contributed by atoms with Crippen LogP contribution in [0.1, 0.15) is 37.3 Å². The quantitative estimate of drug-likeness (QED) is 0.398. The molecule has 35 heavy (non-hydrogen) atoms. The normalized spacial score (nSPS) is 14.1. The molecule has 1 aliphatic rings. The molecule has 0 atom stereocenters. The number of benzene rings is 2. The van der Waals surface area contributed by atoms with Crippen LogP contribution in [-0.2, 0) is 26.0 Å². The number of carbonyl (C=O) groups excluding carboxylic acids is 2. The van der Waals surface area contributed by atoms with Crippen molar-refractivity contribution in [3.05, 3.63) is 59.7 Å². The summed E-state index contributed by atoms with van der Waals surface area (Å²) in [6.45, 7) is 3.20. The zero-order chi connectivity index (χ0) is 25.3. The minimum absolute atomic E-state index is 0.00149. The minimum atomic E-state index is -3.65. The third kappa shape index (κ3) is 8.10. The van der Waals surface area contributed by atoms with Gasteiger partial charge in [0.15, 0.2) is 6.61 Å². The van der Waals surface area contributed by atoms with Gasteiger partial charge in [-0.2, -0.15) is 5.10 Å². The van der Waals surface area contributed by atoms with Crippen molar-refractivity contribution in [2.75, 3.05) is 36.8 Å². The third-order valence-corrected chi connectivity index (χ3v) is 6.81. The number of likely N-dealkylation sites (tertiary alicyclic amines) is 1. The van der Waals surface area contributed by atoms with E-state index < -0.39 is 15.9 Å². The van der Waals surface area contributed by atoms with E-state index in [1.54, 1.807) is 36.4 Å².